The van der Waals surface area contributed by atoms with Crippen molar-refractivity contribution in [3.05, 3.63) is 41.7 Å². The van der Waals surface area contributed by atoms with Gasteiger partial charge in [0.1, 0.15) is 0 Å². The number of rotatable bonds is 2. The Morgan fingerprint density at radius 3 is 2.22 bits per heavy atom. The average Bonchev–Trinajstić information content (AvgIpc) is 2.77. The fourth-order valence-corrected chi connectivity index (χ4v) is 1.73. The van der Waals surface area contributed by atoms with Gasteiger partial charge in [-0.3, -0.25) is 0 Å². The molecule has 96 valence electrons. The van der Waals surface area contributed by atoms with Crippen molar-refractivity contribution >= 4 is 0 Å². The van der Waals surface area contributed by atoms with E-state index in [0.717, 1.165) is 11.4 Å². The number of hydrogen-bond acceptors (Lipinski definition) is 3. The van der Waals surface area contributed by atoms with Gasteiger partial charge in [0, 0.05) is 6.04 Å². The molecule has 0 radical (unpaired) electrons. The van der Waals surface area contributed by atoms with Crippen molar-refractivity contribution in [3.8, 4) is 5.69 Å². The summed E-state index contributed by atoms with van der Waals surface area (Å²) in [7, 11) is 0. The van der Waals surface area contributed by atoms with E-state index in [1.54, 1.807) is 4.68 Å². The molecule has 0 spiro atoms. The maximum absolute atomic E-state index is 5.77. The lowest BCUT2D eigenvalue weighted by molar-refractivity contribution is 0.590. The molecule has 1 unspecified atom stereocenters. The Balaban J connectivity index is 2.29. The van der Waals surface area contributed by atoms with E-state index < -0.39 is 0 Å². The minimum Gasteiger partial charge on any atom is -0.323 e. The number of nitrogens with two attached hydrogens (primary N) is 1. The molecule has 0 aliphatic rings. The lowest BCUT2D eigenvalue weighted by atomic mass is 9.87. The van der Waals surface area contributed by atoms with E-state index in [9.17, 15) is 0 Å². The molecule has 0 saturated carbocycles. The highest BCUT2D eigenvalue weighted by atomic mass is 15.4. The van der Waals surface area contributed by atoms with Crippen LogP contribution in [0.25, 0.3) is 5.69 Å². The Bertz CT molecular complexity index is 517. The molecular weight excluding hydrogens is 224 g/mol. The molecule has 1 heterocycles. The van der Waals surface area contributed by atoms with Crippen molar-refractivity contribution in [1.29, 1.82) is 0 Å². The van der Waals surface area contributed by atoms with Gasteiger partial charge in [-0.1, -0.05) is 38.1 Å². The Kier molecular flexibility index (Phi) is 3.22. The van der Waals surface area contributed by atoms with Gasteiger partial charge in [-0.05, 0) is 30.0 Å². The number of aromatic nitrogens is 3. The van der Waals surface area contributed by atoms with Gasteiger partial charge < -0.3 is 5.73 Å². The average molecular weight is 244 g/mol. The monoisotopic (exact) mass is 244 g/mol. The van der Waals surface area contributed by atoms with E-state index in [-0.39, 0.29) is 11.5 Å². The first-order chi connectivity index (χ1) is 8.38. The Labute approximate surface area is 108 Å². The van der Waals surface area contributed by atoms with Crippen LogP contribution in [-0.2, 0) is 5.41 Å². The maximum Gasteiger partial charge on any atom is 0.0995 e. The molecule has 0 amide bonds. The van der Waals surface area contributed by atoms with Crippen LogP contribution in [0.15, 0.2) is 30.5 Å². The van der Waals surface area contributed by atoms with Crippen LogP contribution in [0, 0.1) is 0 Å². The predicted molar refractivity (Wildman–Crippen MR) is 72.7 cm³/mol. The van der Waals surface area contributed by atoms with Crippen molar-refractivity contribution < 1.29 is 0 Å². The maximum atomic E-state index is 5.77. The molecule has 0 bridgehead atoms. The first-order valence-corrected chi connectivity index (χ1v) is 6.16. The Hall–Kier alpha value is -1.68. The van der Waals surface area contributed by atoms with Gasteiger partial charge in [-0.25, -0.2) is 4.68 Å². The zero-order valence-electron chi connectivity index (χ0n) is 11.4. The molecule has 0 saturated heterocycles. The quantitative estimate of drug-likeness (QED) is 0.883. The molecule has 0 aliphatic carbocycles. The van der Waals surface area contributed by atoms with E-state index >= 15 is 0 Å². The molecule has 4 heteroatoms. The second-order valence-corrected chi connectivity index (χ2v) is 5.67. The van der Waals surface area contributed by atoms with Crippen molar-refractivity contribution in [2.75, 3.05) is 0 Å². The first-order valence-electron chi connectivity index (χ1n) is 6.16. The van der Waals surface area contributed by atoms with E-state index in [0.29, 0.717) is 0 Å². The summed E-state index contributed by atoms with van der Waals surface area (Å²) < 4.78 is 1.76. The van der Waals surface area contributed by atoms with E-state index in [1.807, 2.05) is 13.1 Å². The van der Waals surface area contributed by atoms with E-state index in [2.05, 4.69) is 55.3 Å². The minimum absolute atomic E-state index is 0.0902. The highest BCUT2D eigenvalue weighted by molar-refractivity contribution is 5.36. The second-order valence-electron chi connectivity index (χ2n) is 5.67. The normalized spacial score (nSPS) is 13.6. The van der Waals surface area contributed by atoms with Gasteiger partial charge in [0.05, 0.1) is 17.6 Å². The third-order valence-corrected chi connectivity index (χ3v) is 2.98. The van der Waals surface area contributed by atoms with Crippen molar-refractivity contribution in [3.63, 3.8) is 0 Å². The lowest BCUT2D eigenvalue weighted by Crippen LogP contribution is -2.10. The molecule has 1 aromatic heterocycles. The summed E-state index contributed by atoms with van der Waals surface area (Å²) in [4.78, 5) is 0. The highest BCUT2D eigenvalue weighted by Gasteiger charge is 2.13. The zero-order valence-corrected chi connectivity index (χ0v) is 11.4. The Morgan fingerprint density at radius 1 is 1.17 bits per heavy atom. The molecular formula is C14H20N4. The Morgan fingerprint density at radius 2 is 1.78 bits per heavy atom. The van der Waals surface area contributed by atoms with Crippen LogP contribution >= 0.6 is 0 Å². The molecule has 2 aromatic rings. The van der Waals surface area contributed by atoms with Crippen LogP contribution in [0.2, 0.25) is 0 Å². The molecule has 0 aliphatic heterocycles. The minimum atomic E-state index is -0.0902. The van der Waals surface area contributed by atoms with Crippen LogP contribution in [0.4, 0.5) is 0 Å². The number of nitrogens with zero attached hydrogens (tertiary/aromatic N) is 3. The van der Waals surface area contributed by atoms with Crippen molar-refractivity contribution in [1.82, 2.24) is 15.0 Å². The zero-order chi connectivity index (χ0) is 13.3. The third-order valence-electron chi connectivity index (χ3n) is 2.98. The fraction of sp³-hybridized carbons (Fsp3) is 0.429. The van der Waals surface area contributed by atoms with Gasteiger partial charge in [0.25, 0.3) is 0 Å². The standard InChI is InChI=1S/C14H20N4/c1-10(15)13-9-18(17-16-13)12-7-5-11(6-8-12)14(2,3)4/h5-10H,15H2,1-4H3. The smallest absolute Gasteiger partial charge is 0.0995 e. The largest absolute Gasteiger partial charge is 0.323 e. The van der Waals surface area contributed by atoms with Gasteiger partial charge in [0.2, 0.25) is 0 Å². The summed E-state index contributed by atoms with van der Waals surface area (Å²) >= 11 is 0. The van der Waals surface area contributed by atoms with Gasteiger partial charge in [0.15, 0.2) is 0 Å². The van der Waals surface area contributed by atoms with Crippen molar-refractivity contribution in [2.45, 2.75) is 39.2 Å². The molecule has 1 aromatic carbocycles. The number of hydrogen-bond donors (Lipinski definition) is 1. The molecule has 1 atom stereocenters. The summed E-state index contributed by atoms with van der Waals surface area (Å²) in [6, 6.07) is 8.28. The van der Waals surface area contributed by atoms with E-state index in [4.69, 9.17) is 5.73 Å². The first kappa shape index (κ1) is 12.8. The fourth-order valence-electron chi connectivity index (χ4n) is 1.73. The topological polar surface area (TPSA) is 56.7 Å². The summed E-state index contributed by atoms with van der Waals surface area (Å²) in [5, 5.41) is 8.14. The molecule has 0 fully saturated rings. The summed E-state index contributed by atoms with van der Waals surface area (Å²) in [5.41, 5.74) is 9.04. The SMILES string of the molecule is CC(N)c1cn(-c2ccc(C(C)(C)C)cc2)nn1. The highest BCUT2D eigenvalue weighted by Crippen LogP contribution is 2.23. The van der Waals surface area contributed by atoms with Crippen LogP contribution in [0.5, 0.6) is 0 Å². The van der Waals surface area contributed by atoms with Gasteiger partial charge in [-0.2, -0.15) is 0 Å². The van der Waals surface area contributed by atoms with Crippen LogP contribution < -0.4 is 5.73 Å². The van der Waals surface area contributed by atoms with Crippen LogP contribution in [0.1, 0.15) is 45.0 Å². The lowest BCUT2D eigenvalue weighted by Gasteiger charge is -2.19. The summed E-state index contributed by atoms with van der Waals surface area (Å²) in [5.74, 6) is 0. The van der Waals surface area contributed by atoms with E-state index in [1.165, 1.54) is 5.56 Å². The van der Waals surface area contributed by atoms with Crippen LogP contribution in [0.3, 0.4) is 0 Å². The summed E-state index contributed by atoms with van der Waals surface area (Å²) in [6.07, 6.45) is 1.87. The summed E-state index contributed by atoms with van der Waals surface area (Å²) in [6.45, 7) is 8.50. The van der Waals surface area contributed by atoms with Crippen LogP contribution in [-0.4, -0.2) is 15.0 Å². The van der Waals surface area contributed by atoms with Crippen molar-refractivity contribution in [2.24, 2.45) is 5.73 Å². The molecule has 2 rings (SSSR count). The number of benzene rings is 1. The molecule has 2 N–H and O–H groups in total. The molecule has 18 heavy (non-hydrogen) atoms. The third kappa shape index (κ3) is 2.59. The second kappa shape index (κ2) is 4.53. The van der Waals surface area contributed by atoms with Gasteiger partial charge >= 0.3 is 0 Å². The van der Waals surface area contributed by atoms with Gasteiger partial charge in [-0.15, -0.1) is 5.10 Å². The predicted octanol–water partition coefficient (Wildman–Crippen LogP) is 2.58. The molecule has 4 nitrogen and oxygen atoms in total.